The SMILES string of the molecule is C=C1C2C[C@@H]3O[C@H]4C[C@H]5O[C@@]6(C[C@@H]7O[C@]8(C[C@H](C)[C@@H]9O[C@H](CN=[N+]=[N-])[C@H](O)C[C@@H]9O8)C[C@H](C)[C@@H]7O6)C[C@H]5O[C@H]4[C@H](C)[C@H]3OC(=O)C[C@H]3CC[C@@H]4O[C@@]5(C)C6C[C@@H]7C[C@@](CC[C@H]8CC(=C)[C@H](CC[C@@H](C[C@H]1C)O2)O8)(O6)O[C@H](C5O7)[C@H]4O3. The van der Waals surface area contributed by atoms with E-state index in [-0.39, 0.29) is 140 Å². The topological polar surface area (TPSA) is 225 Å². The average molecular weight is 1120 g/mol. The van der Waals surface area contributed by atoms with Crippen molar-refractivity contribution in [1.82, 2.24) is 0 Å². The van der Waals surface area contributed by atoms with Crippen LogP contribution in [0.4, 0.5) is 0 Å². The number of carbonyl (C=O) groups is 1. The van der Waals surface area contributed by atoms with Gasteiger partial charge in [-0.3, -0.25) is 4.79 Å². The minimum absolute atomic E-state index is 0.00336. The second-order valence-corrected chi connectivity index (χ2v) is 27.9. The van der Waals surface area contributed by atoms with Gasteiger partial charge in [-0.15, -0.1) is 0 Å². The van der Waals surface area contributed by atoms with Crippen LogP contribution in [-0.4, -0.2) is 181 Å². The van der Waals surface area contributed by atoms with E-state index in [4.69, 9.17) is 76.6 Å². The molecule has 0 amide bonds. The summed E-state index contributed by atoms with van der Waals surface area (Å²) in [5.41, 5.74) is 10.4. The minimum Gasteiger partial charge on any atom is -0.459 e. The Morgan fingerprint density at radius 2 is 1.31 bits per heavy atom. The molecule has 0 saturated carbocycles. The maximum atomic E-state index is 14.7. The van der Waals surface area contributed by atoms with Crippen molar-refractivity contribution < 1.29 is 81.0 Å². The maximum Gasteiger partial charge on any atom is 0.308 e. The molecule has 12 bridgehead atoms. The quantitative estimate of drug-likeness (QED) is 0.0943. The smallest absolute Gasteiger partial charge is 0.308 e. The summed E-state index contributed by atoms with van der Waals surface area (Å²) in [5, 5.41) is 14.7. The lowest BCUT2D eigenvalue weighted by Gasteiger charge is -2.57. The van der Waals surface area contributed by atoms with Gasteiger partial charge in [0.25, 0.3) is 0 Å². The molecule has 442 valence electrons. The van der Waals surface area contributed by atoms with Crippen LogP contribution in [0, 0.1) is 23.7 Å². The highest BCUT2D eigenvalue weighted by molar-refractivity contribution is 5.70. The van der Waals surface area contributed by atoms with E-state index in [1.54, 1.807) is 0 Å². The fourth-order valence-corrected chi connectivity index (χ4v) is 18.5. The number of ether oxygens (including phenoxy) is 15. The van der Waals surface area contributed by atoms with E-state index in [1.165, 1.54) is 0 Å². The third-order valence-corrected chi connectivity index (χ3v) is 22.3. The molecule has 3 unspecified atom stereocenters. The summed E-state index contributed by atoms with van der Waals surface area (Å²) in [5.74, 6) is -2.87. The molecule has 31 atom stereocenters. The zero-order valence-electron chi connectivity index (χ0n) is 47.3. The Hall–Kier alpha value is -2.34. The number of fused-ring (bicyclic) bond motifs is 10. The Balaban J connectivity index is 0.666. The fraction of sp³-hybridized carbons (Fsp3) is 0.917. The van der Waals surface area contributed by atoms with E-state index in [9.17, 15) is 9.90 Å². The van der Waals surface area contributed by atoms with Crippen molar-refractivity contribution in [2.45, 2.75) is 314 Å². The molecule has 16 aliphatic rings. The van der Waals surface area contributed by atoms with Crippen LogP contribution in [0.5, 0.6) is 0 Å². The Morgan fingerprint density at radius 1 is 0.575 bits per heavy atom. The van der Waals surface area contributed by atoms with Crippen molar-refractivity contribution in [3.8, 4) is 0 Å². The molecular weight excluding hydrogens is 1030 g/mol. The van der Waals surface area contributed by atoms with Gasteiger partial charge in [0.2, 0.25) is 0 Å². The summed E-state index contributed by atoms with van der Waals surface area (Å²) < 4.78 is 104. The van der Waals surface area contributed by atoms with Crippen molar-refractivity contribution in [3.63, 3.8) is 0 Å². The van der Waals surface area contributed by atoms with Crippen LogP contribution >= 0.6 is 0 Å². The lowest BCUT2D eigenvalue weighted by atomic mass is 9.75. The van der Waals surface area contributed by atoms with Crippen LogP contribution < -0.4 is 0 Å². The lowest BCUT2D eigenvalue weighted by molar-refractivity contribution is -0.370. The number of hydrogen-bond acceptors (Lipinski definition) is 18. The summed E-state index contributed by atoms with van der Waals surface area (Å²) in [7, 11) is 0. The molecule has 0 aromatic carbocycles. The molecule has 16 heterocycles. The van der Waals surface area contributed by atoms with E-state index in [2.05, 4.69) is 57.8 Å². The van der Waals surface area contributed by atoms with Crippen LogP contribution in [0.15, 0.2) is 29.4 Å². The van der Waals surface area contributed by atoms with Gasteiger partial charge >= 0.3 is 5.97 Å². The molecule has 80 heavy (non-hydrogen) atoms. The normalized spacial score (nSPS) is 57.8. The molecule has 16 saturated heterocycles. The van der Waals surface area contributed by atoms with E-state index in [0.29, 0.717) is 70.6 Å². The van der Waals surface area contributed by atoms with Crippen LogP contribution in [0.1, 0.15) is 150 Å². The van der Waals surface area contributed by atoms with E-state index in [0.717, 1.165) is 49.7 Å². The fourth-order valence-electron chi connectivity index (χ4n) is 18.5. The van der Waals surface area contributed by atoms with Gasteiger partial charge in [-0.05, 0) is 86.3 Å². The predicted octanol–water partition coefficient (Wildman–Crippen LogP) is 7.27. The molecule has 20 heteroatoms. The molecule has 16 fully saturated rings. The summed E-state index contributed by atoms with van der Waals surface area (Å²) in [6.07, 6.45) is 3.74. The number of hydrogen-bond donors (Lipinski definition) is 1. The maximum absolute atomic E-state index is 14.7. The second kappa shape index (κ2) is 20.1. The van der Waals surface area contributed by atoms with Crippen molar-refractivity contribution >= 4 is 5.97 Å². The number of nitrogens with zero attached hydrogens (tertiary/aromatic N) is 3. The molecule has 0 aromatic heterocycles. The first-order valence-corrected chi connectivity index (χ1v) is 31.0. The van der Waals surface area contributed by atoms with Gasteiger partial charge in [-0.2, -0.15) is 0 Å². The standard InChI is InChI=1S/C60H85N3O17/c1-27-14-33-8-10-38-28(2)15-35(66-38)12-13-58-23-36-16-48(78-58)57(7)56(69-36)55(80-58)54-39(74-57)11-9-34(68-54)17-49(65)73-53-32(6)52-43(70-42(53)19-40(67-33)31(27)5)20-41-45(71-52)24-60(75-41)25-46-51(79-60)30(4)22-59(77-46)21-29(3)50-44(76-59)18-37(64)47(72-50)26-62-63-61/h27,29-30,32-48,50-56,64H,2,5,8-26H2,1,3-4,6-7H3/t27-,29+,30+,32+,33+,34-,35+,36-,37-,38+,39+,40?,41-,42+,43+,44+,45-,46+,47-,48?,50+,51+,52+,53-,54+,55+,56?,57+,58+,59-,60+/m1/s1. The largest absolute Gasteiger partial charge is 0.459 e. The lowest BCUT2D eigenvalue weighted by Crippen LogP contribution is -2.71. The second-order valence-electron chi connectivity index (χ2n) is 27.9. The molecule has 16 rings (SSSR count). The summed E-state index contributed by atoms with van der Waals surface area (Å²) >= 11 is 0. The van der Waals surface area contributed by atoms with Crippen LogP contribution in [-0.2, 0) is 75.8 Å². The molecule has 0 aromatic rings. The highest BCUT2D eigenvalue weighted by atomic mass is 16.8. The zero-order chi connectivity index (χ0) is 54.8. The van der Waals surface area contributed by atoms with Crippen molar-refractivity contribution in [2.24, 2.45) is 28.8 Å². The van der Waals surface area contributed by atoms with Gasteiger partial charge in [-0.1, -0.05) is 46.0 Å². The number of azide groups is 1. The van der Waals surface area contributed by atoms with Crippen LogP contribution in [0.25, 0.3) is 10.4 Å². The summed E-state index contributed by atoms with van der Waals surface area (Å²) in [4.78, 5) is 17.5. The third kappa shape index (κ3) is 9.24. The third-order valence-electron chi connectivity index (χ3n) is 22.3. The highest BCUT2D eigenvalue weighted by Gasteiger charge is 2.70. The van der Waals surface area contributed by atoms with Gasteiger partial charge in [0.05, 0.1) is 129 Å². The van der Waals surface area contributed by atoms with Crippen molar-refractivity contribution in [1.29, 1.82) is 0 Å². The zero-order valence-corrected chi connectivity index (χ0v) is 47.3. The van der Waals surface area contributed by atoms with Gasteiger partial charge in [0, 0.05) is 75.0 Å². The molecule has 20 nitrogen and oxygen atoms in total. The predicted molar refractivity (Wildman–Crippen MR) is 279 cm³/mol. The number of carbonyl (C=O) groups excluding carboxylic acids is 1. The van der Waals surface area contributed by atoms with E-state index >= 15 is 0 Å². The summed E-state index contributed by atoms with van der Waals surface area (Å²) in [6, 6.07) is 0. The first-order valence-electron chi connectivity index (χ1n) is 31.0. The van der Waals surface area contributed by atoms with Gasteiger partial charge in [0.1, 0.15) is 30.0 Å². The van der Waals surface area contributed by atoms with E-state index in [1.807, 2.05) is 0 Å². The molecule has 0 radical (unpaired) electrons. The minimum atomic E-state index is -0.928. The van der Waals surface area contributed by atoms with Crippen LogP contribution in [0.3, 0.4) is 0 Å². The molecule has 0 aliphatic carbocycles. The molecule has 16 aliphatic heterocycles. The number of aliphatic hydroxyl groups excluding tert-OH is 1. The summed E-state index contributed by atoms with van der Waals surface area (Å²) in [6.45, 7) is 20.0. The van der Waals surface area contributed by atoms with Gasteiger partial charge < -0.3 is 76.2 Å². The Morgan fingerprint density at radius 3 is 2.16 bits per heavy atom. The number of aliphatic hydroxyl groups is 1. The number of esters is 1. The molecule has 3 spiro atoms. The van der Waals surface area contributed by atoms with Gasteiger partial charge in [0.15, 0.2) is 17.4 Å². The first kappa shape index (κ1) is 54.3. The Labute approximate surface area is 469 Å². The molecular formula is C60H85N3O17. The van der Waals surface area contributed by atoms with Crippen LogP contribution in [0.2, 0.25) is 0 Å². The van der Waals surface area contributed by atoms with Crippen molar-refractivity contribution in [3.05, 3.63) is 34.7 Å². The van der Waals surface area contributed by atoms with Gasteiger partial charge in [-0.25, -0.2) is 0 Å². The Kier molecular flexibility index (Phi) is 13.7. The van der Waals surface area contributed by atoms with E-state index < -0.39 is 65.7 Å². The monoisotopic (exact) mass is 1120 g/mol. The highest BCUT2D eigenvalue weighted by Crippen LogP contribution is 2.58. The first-order chi connectivity index (χ1) is 38.4. The van der Waals surface area contributed by atoms with Crippen molar-refractivity contribution in [2.75, 3.05) is 6.54 Å². The Bertz CT molecular complexity index is 2490. The molecule has 1 N–H and O–H groups in total. The number of rotatable bonds is 2. The average Bonchev–Trinajstić information content (AvgIpc) is 4.11.